The van der Waals surface area contributed by atoms with Gasteiger partial charge < -0.3 is 24.1 Å². The molecule has 6 nitrogen and oxygen atoms in total. The summed E-state index contributed by atoms with van der Waals surface area (Å²) in [5.74, 6) is -1.08. The van der Waals surface area contributed by atoms with Gasteiger partial charge in [-0.15, -0.1) is 0 Å². The summed E-state index contributed by atoms with van der Waals surface area (Å²) >= 11 is 0. The lowest BCUT2D eigenvalue weighted by atomic mass is 9.77. The van der Waals surface area contributed by atoms with Crippen molar-refractivity contribution in [2.45, 2.75) is 52.1 Å². The Bertz CT molecular complexity index is 1010. The number of alkyl carbamates (subject to hydrolysis) is 1. The van der Waals surface area contributed by atoms with E-state index in [0.29, 0.717) is 5.47 Å². The number of alkyl halides is 2. The lowest BCUT2D eigenvalue weighted by molar-refractivity contribution is -0.0501. The summed E-state index contributed by atoms with van der Waals surface area (Å²) in [6.45, 7) is 4.29. The second-order valence-corrected chi connectivity index (χ2v) is 8.78. The van der Waals surface area contributed by atoms with Crippen LogP contribution >= 0.6 is 0 Å². The van der Waals surface area contributed by atoms with Gasteiger partial charge in [-0.3, -0.25) is 0 Å². The number of hydrogen-bond donors (Lipinski definition) is 1. The molecule has 3 rings (SSSR count). The number of nitrogens with one attached hydrogen (secondary N) is 1. The van der Waals surface area contributed by atoms with E-state index < -0.39 is 36.8 Å². The lowest BCUT2D eigenvalue weighted by Crippen LogP contribution is -2.41. The van der Waals surface area contributed by atoms with Crippen LogP contribution in [0, 0.1) is 5.82 Å². The fourth-order valence-corrected chi connectivity index (χ4v) is 3.17. The van der Waals surface area contributed by atoms with E-state index in [4.69, 9.17) is 14.0 Å². The van der Waals surface area contributed by atoms with Crippen LogP contribution in [0.2, 0.25) is 0 Å². The summed E-state index contributed by atoms with van der Waals surface area (Å²) in [5, 5.41) is 2.62. The van der Waals surface area contributed by atoms with Crippen molar-refractivity contribution < 1.29 is 36.7 Å². The van der Waals surface area contributed by atoms with Crippen molar-refractivity contribution in [2.75, 3.05) is 6.54 Å². The Morgan fingerprint density at radius 1 is 1.09 bits per heavy atom. The highest BCUT2D eigenvalue weighted by Crippen LogP contribution is 2.39. The van der Waals surface area contributed by atoms with Crippen LogP contribution in [0.4, 0.5) is 18.0 Å². The van der Waals surface area contributed by atoms with Crippen molar-refractivity contribution in [3.63, 3.8) is 0 Å². The SMILES string of the molecule is CC1(C)OB(C(=Cc2ccc(F)cc2OC(F)F)CNC(=O)OCc2ccccc2)OC1(C)C. The molecule has 0 atom stereocenters. The second kappa shape index (κ2) is 10.5. The van der Waals surface area contributed by atoms with Gasteiger partial charge in [0.1, 0.15) is 18.2 Å². The summed E-state index contributed by atoms with van der Waals surface area (Å²) in [6, 6.07) is 12.4. The molecule has 1 saturated heterocycles. The van der Waals surface area contributed by atoms with Gasteiger partial charge in [0.25, 0.3) is 0 Å². The van der Waals surface area contributed by atoms with Gasteiger partial charge in [-0.2, -0.15) is 8.78 Å². The first-order chi connectivity index (χ1) is 16.0. The van der Waals surface area contributed by atoms with E-state index in [9.17, 15) is 18.0 Å². The maximum absolute atomic E-state index is 13.6. The Kier molecular flexibility index (Phi) is 7.94. The maximum atomic E-state index is 13.6. The molecule has 0 unspecified atom stereocenters. The molecule has 0 aromatic heterocycles. The van der Waals surface area contributed by atoms with Crippen molar-refractivity contribution in [1.29, 1.82) is 0 Å². The minimum absolute atomic E-state index is 0.0735. The number of halogens is 3. The largest absolute Gasteiger partial charge is 0.492 e. The first kappa shape index (κ1) is 25.6. The molecular weight excluding hydrogens is 450 g/mol. The molecule has 34 heavy (non-hydrogen) atoms. The lowest BCUT2D eigenvalue weighted by Gasteiger charge is -2.32. The van der Waals surface area contributed by atoms with E-state index in [-0.39, 0.29) is 24.5 Å². The highest BCUT2D eigenvalue weighted by Gasteiger charge is 2.52. The van der Waals surface area contributed by atoms with Crippen LogP contribution in [-0.2, 0) is 20.7 Å². The molecule has 182 valence electrons. The molecule has 1 aliphatic heterocycles. The summed E-state index contributed by atoms with van der Waals surface area (Å²) in [6.07, 6.45) is 0.783. The Morgan fingerprint density at radius 2 is 1.74 bits per heavy atom. The number of carbonyl (C=O) groups is 1. The van der Waals surface area contributed by atoms with Crippen LogP contribution in [0.5, 0.6) is 5.75 Å². The monoisotopic (exact) mass is 477 g/mol. The number of rotatable bonds is 8. The minimum atomic E-state index is -3.14. The van der Waals surface area contributed by atoms with Crippen molar-refractivity contribution in [3.05, 3.63) is 70.9 Å². The van der Waals surface area contributed by atoms with Crippen LogP contribution in [0.25, 0.3) is 6.08 Å². The highest BCUT2D eigenvalue weighted by molar-refractivity contribution is 6.56. The Labute approximate surface area is 197 Å². The van der Waals surface area contributed by atoms with Gasteiger partial charge in [0, 0.05) is 18.2 Å². The first-order valence-corrected chi connectivity index (χ1v) is 10.7. The number of hydrogen-bond acceptors (Lipinski definition) is 5. The Hall–Kier alpha value is -2.98. The molecule has 2 aromatic carbocycles. The van der Waals surface area contributed by atoms with E-state index in [1.165, 1.54) is 12.1 Å². The molecule has 0 saturated carbocycles. The molecule has 1 amide bonds. The van der Waals surface area contributed by atoms with E-state index in [2.05, 4.69) is 10.1 Å². The molecular formula is C24H27BF3NO5. The van der Waals surface area contributed by atoms with Crippen LogP contribution < -0.4 is 10.1 Å². The third kappa shape index (κ3) is 6.54. The van der Waals surface area contributed by atoms with Gasteiger partial charge in [-0.1, -0.05) is 36.4 Å². The molecule has 1 aliphatic rings. The van der Waals surface area contributed by atoms with Gasteiger partial charge in [-0.25, -0.2) is 9.18 Å². The summed E-state index contributed by atoms with van der Waals surface area (Å²) in [4.78, 5) is 12.3. The molecule has 0 radical (unpaired) electrons. The zero-order valence-electron chi connectivity index (χ0n) is 19.4. The highest BCUT2D eigenvalue weighted by atomic mass is 19.3. The topological polar surface area (TPSA) is 66.0 Å². The zero-order valence-corrected chi connectivity index (χ0v) is 19.4. The van der Waals surface area contributed by atoms with Crippen molar-refractivity contribution in [2.24, 2.45) is 0 Å². The predicted molar refractivity (Wildman–Crippen MR) is 122 cm³/mol. The van der Waals surface area contributed by atoms with Gasteiger partial charge in [0.15, 0.2) is 0 Å². The summed E-state index contributed by atoms with van der Waals surface area (Å²) in [7, 11) is -0.899. The van der Waals surface area contributed by atoms with E-state index >= 15 is 0 Å². The van der Waals surface area contributed by atoms with Gasteiger partial charge in [0.2, 0.25) is 0 Å². The Balaban J connectivity index is 1.81. The summed E-state index contributed by atoms with van der Waals surface area (Å²) < 4.78 is 61.2. The van der Waals surface area contributed by atoms with Gasteiger partial charge in [-0.05, 0) is 50.9 Å². The quantitative estimate of drug-likeness (QED) is 0.518. The zero-order chi connectivity index (χ0) is 24.9. The molecule has 2 aromatic rings. The molecule has 0 bridgehead atoms. The fourth-order valence-electron chi connectivity index (χ4n) is 3.17. The number of amides is 1. The van der Waals surface area contributed by atoms with Gasteiger partial charge in [0.05, 0.1) is 11.2 Å². The number of ether oxygens (including phenoxy) is 2. The van der Waals surface area contributed by atoms with Crippen LogP contribution in [0.15, 0.2) is 54.0 Å². The molecule has 0 aliphatic carbocycles. The third-order valence-corrected chi connectivity index (χ3v) is 5.74. The number of benzene rings is 2. The maximum Gasteiger partial charge on any atom is 0.492 e. The average molecular weight is 477 g/mol. The van der Waals surface area contributed by atoms with Gasteiger partial charge >= 0.3 is 19.8 Å². The third-order valence-electron chi connectivity index (χ3n) is 5.74. The average Bonchev–Trinajstić information content (AvgIpc) is 2.98. The molecule has 1 heterocycles. The van der Waals surface area contributed by atoms with Crippen molar-refractivity contribution in [1.82, 2.24) is 5.32 Å². The standard InChI is InChI=1S/C24H27BF3NO5/c1-23(2)24(3,4)34-25(33-23)18(12-17-10-11-19(26)13-20(17)32-21(27)28)14-29-22(30)31-15-16-8-6-5-7-9-16/h5-13,21H,14-15H2,1-4H3,(H,29,30). The van der Waals surface area contributed by atoms with E-state index in [1.54, 1.807) is 0 Å². The first-order valence-electron chi connectivity index (χ1n) is 10.7. The predicted octanol–water partition coefficient (Wildman–Crippen LogP) is 5.37. The van der Waals surface area contributed by atoms with Crippen molar-refractivity contribution in [3.8, 4) is 5.75 Å². The van der Waals surface area contributed by atoms with E-state index in [1.807, 2.05) is 58.0 Å². The van der Waals surface area contributed by atoms with Crippen LogP contribution in [-0.4, -0.2) is 37.6 Å². The smallest absolute Gasteiger partial charge is 0.445 e. The van der Waals surface area contributed by atoms with Crippen LogP contribution in [0.3, 0.4) is 0 Å². The molecule has 10 heteroatoms. The van der Waals surface area contributed by atoms with Crippen molar-refractivity contribution >= 4 is 19.3 Å². The normalized spacial score (nSPS) is 17.1. The molecule has 1 fully saturated rings. The minimum Gasteiger partial charge on any atom is -0.445 e. The summed E-state index contributed by atoms with van der Waals surface area (Å²) in [5.41, 5.74) is 0.0251. The Morgan fingerprint density at radius 3 is 2.35 bits per heavy atom. The second-order valence-electron chi connectivity index (χ2n) is 8.78. The molecule has 0 spiro atoms. The number of carbonyl (C=O) groups excluding carboxylic acids is 1. The fraction of sp³-hybridized carbons (Fsp3) is 0.375. The van der Waals surface area contributed by atoms with E-state index in [0.717, 1.165) is 17.7 Å². The van der Waals surface area contributed by atoms with Crippen LogP contribution in [0.1, 0.15) is 38.8 Å². The molecule has 1 N–H and O–H groups in total.